The maximum absolute atomic E-state index is 12.4. The molecule has 3 rings (SSSR count). The van der Waals surface area contributed by atoms with Gasteiger partial charge in [-0.15, -0.1) is 0 Å². The molecule has 0 radical (unpaired) electrons. The number of nitrogens with zero attached hydrogens (tertiary/aromatic N) is 2. The highest BCUT2D eigenvalue weighted by molar-refractivity contribution is 6.21. The van der Waals surface area contributed by atoms with Crippen molar-refractivity contribution in [2.24, 2.45) is 0 Å². The van der Waals surface area contributed by atoms with E-state index in [4.69, 9.17) is 4.74 Å². The maximum Gasteiger partial charge on any atom is 0.261 e. The van der Waals surface area contributed by atoms with E-state index in [0.717, 1.165) is 11.3 Å². The van der Waals surface area contributed by atoms with Crippen molar-refractivity contribution in [3.8, 4) is 5.75 Å². The van der Waals surface area contributed by atoms with Gasteiger partial charge in [0, 0.05) is 25.2 Å². The largest absolute Gasteiger partial charge is 0.496 e. The Morgan fingerprint density at radius 2 is 1.68 bits per heavy atom. The van der Waals surface area contributed by atoms with Crippen LogP contribution in [0.25, 0.3) is 0 Å². The molecule has 1 aliphatic heterocycles. The molecule has 0 aromatic heterocycles. The van der Waals surface area contributed by atoms with E-state index in [9.17, 15) is 9.59 Å². The van der Waals surface area contributed by atoms with Crippen LogP contribution in [0.5, 0.6) is 5.75 Å². The summed E-state index contributed by atoms with van der Waals surface area (Å²) in [7, 11) is 3.63. The van der Waals surface area contributed by atoms with E-state index in [-0.39, 0.29) is 11.8 Å². The van der Waals surface area contributed by atoms with Gasteiger partial charge in [0.2, 0.25) is 0 Å². The van der Waals surface area contributed by atoms with Crippen LogP contribution in [-0.2, 0) is 6.54 Å². The zero-order valence-corrected chi connectivity index (χ0v) is 14.8. The zero-order chi connectivity index (χ0) is 18.0. The Bertz CT molecular complexity index is 781. The zero-order valence-electron chi connectivity index (χ0n) is 14.8. The van der Waals surface area contributed by atoms with Crippen LogP contribution in [0, 0.1) is 6.92 Å². The molecule has 0 aliphatic carbocycles. The first-order valence-corrected chi connectivity index (χ1v) is 8.28. The van der Waals surface area contributed by atoms with Crippen LogP contribution in [0.3, 0.4) is 0 Å². The number of carbonyl (C=O) groups excluding carboxylic acids is 2. The smallest absolute Gasteiger partial charge is 0.261 e. The van der Waals surface area contributed by atoms with E-state index in [1.165, 1.54) is 10.5 Å². The summed E-state index contributed by atoms with van der Waals surface area (Å²) in [4.78, 5) is 28.2. The molecule has 5 nitrogen and oxygen atoms in total. The minimum atomic E-state index is -0.206. The summed E-state index contributed by atoms with van der Waals surface area (Å²) in [6, 6.07) is 13.0. The summed E-state index contributed by atoms with van der Waals surface area (Å²) >= 11 is 0. The number of hydrogen-bond donors (Lipinski definition) is 0. The van der Waals surface area contributed by atoms with E-state index in [2.05, 4.69) is 11.0 Å². The van der Waals surface area contributed by atoms with Crippen molar-refractivity contribution in [2.75, 3.05) is 27.2 Å². The average Bonchev–Trinajstić information content (AvgIpc) is 2.85. The van der Waals surface area contributed by atoms with E-state index in [0.29, 0.717) is 30.8 Å². The normalized spacial score (nSPS) is 13.5. The Morgan fingerprint density at radius 3 is 2.28 bits per heavy atom. The number of ether oxygens (including phenoxy) is 1. The van der Waals surface area contributed by atoms with Crippen molar-refractivity contribution in [1.82, 2.24) is 9.80 Å². The van der Waals surface area contributed by atoms with E-state index < -0.39 is 0 Å². The SMILES string of the molecule is COc1ccc(C)cc1CN(C)CCN1C(=O)c2ccccc2C1=O. The van der Waals surface area contributed by atoms with Crippen molar-refractivity contribution >= 4 is 11.8 Å². The molecule has 1 heterocycles. The fraction of sp³-hybridized carbons (Fsp3) is 0.300. The number of likely N-dealkylation sites (N-methyl/N-ethyl adjacent to an activating group) is 1. The van der Waals surface area contributed by atoms with Gasteiger partial charge in [-0.1, -0.05) is 29.8 Å². The van der Waals surface area contributed by atoms with Gasteiger partial charge in [-0.25, -0.2) is 0 Å². The van der Waals surface area contributed by atoms with Crippen LogP contribution in [-0.4, -0.2) is 48.9 Å². The van der Waals surface area contributed by atoms with Crippen LogP contribution < -0.4 is 4.74 Å². The van der Waals surface area contributed by atoms with E-state index in [1.54, 1.807) is 31.4 Å². The van der Waals surface area contributed by atoms with Gasteiger partial charge in [-0.2, -0.15) is 0 Å². The lowest BCUT2D eigenvalue weighted by Gasteiger charge is -2.21. The highest BCUT2D eigenvalue weighted by Crippen LogP contribution is 2.23. The molecular formula is C20H22N2O3. The lowest BCUT2D eigenvalue weighted by molar-refractivity contribution is 0.0640. The van der Waals surface area contributed by atoms with Crippen LogP contribution in [0.1, 0.15) is 31.8 Å². The third-order valence-corrected chi connectivity index (χ3v) is 4.46. The van der Waals surface area contributed by atoms with Gasteiger partial charge < -0.3 is 9.64 Å². The Hall–Kier alpha value is -2.66. The summed E-state index contributed by atoms with van der Waals surface area (Å²) in [5, 5.41) is 0. The van der Waals surface area contributed by atoms with Crippen LogP contribution in [0.2, 0.25) is 0 Å². The third kappa shape index (κ3) is 3.42. The first-order valence-electron chi connectivity index (χ1n) is 8.28. The molecule has 2 amide bonds. The van der Waals surface area contributed by atoms with E-state index in [1.807, 2.05) is 26.1 Å². The van der Waals surface area contributed by atoms with Crippen LogP contribution in [0.4, 0.5) is 0 Å². The standard InChI is InChI=1S/C20H22N2O3/c1-14-8-9-18(25-3)15(12-14)13-21(2)10-11-22-19(23)16-6-4-5-7-17(16)20(22)24/h4-9,12H,10-11,13H2,1-3H3. The molecule has 0 bridgehead atoms. The molecule has 2 aromatic rings. The number of imide groups is 1. The maximum atomic E-state index is 12.4. The number of benzene rings is 2. The molecule has 2 aromatic carbocycles. The quantitative estimate of drug-likeness (QED) is 0.760. The lowest BCUT2D eigenvalue weighted by atomic mass is 10.1. The number of aryl methyl sites for hydroxylation is 1. The number of fused-ring (bicyclic) bond motifs is 1. The molecule has 0 saturated carbocycles. The molecule has 0 N–H and O–H groups in total. The van der Waals surface area contributed by atoms with Gasteiger partial charge in [-0.05, 0) is 32.2 Å². The predicted molar refractivity (Wildman–Crippen MR) is 95.9 cm³/mol. The van der Waals surface area contributed by atoms with Crippen molar-refractivity contribution in [2.45, 2.75) is 13.5 Å². The van der Waals surface area contributed by atoms with Crippen molar-refractivity contribution < 1.29 is 14.3 Å². The van der Waals surface area contributed by atoms with Gasteiger partial charge in [0.1, 0.15) is 5.75 Å². The topological polar surface area (TPSA) is 49.9 Å². The van der Waals surface area contributed by atoms with Gasteiger partial charge >= 0.3 is 0 Å². The molecular weight excluding hydrogens is 316 g/mol. The number of carbonyl (C=O) groups is 2. The molecule has 0 atom stereocenters. The Balaban J connectivity index is 1.64. The molecule has 0 fully saturated rings. The average molecular weight is 338 g/mol. The van der Waals surface area contributed by atoms with E-state index >= 15 is 0 Å². The van der Waals surface area contributed by atoms with Crippen molar-refractivity contribution in [1.29, 1.82) is 0 Å². The minimum absolute atomic E-state index is 0.206. The summed E-state index contributed by atoms with van der Waals surface area (Å²) in [5.74, 6) is 0.433. The molecule has 0 saturated heterocycles. The van der Waals surface area contributed by atoms with Crippen molar-refractivity contribution in [3.63, 3.8) is 0 Å². The Labute approximate surface area is 147 Å². The number of methoxy groups -OCH3 is 1. The first kappa shape index (κ1) is 17.2. The highest BCUT2D eigenvalue weighted by atomic mass is 16.5. The fourth-order valence-electron chi connectivity index (χ4n) is 3.11. The summed E-state index contributed by atoms with van der Waals surface area (Å²) < 4.78 is 5.41. The molecule has 0 unspecified atom stereocenters. The second-order valence-corrected chi connectivity index (χ2v) is 6.36. The second-order valence-electron chi connectivity index (χ2n) is 6.36. The Kier molecular flexibility index (Phi) is 4.86. The number of amides is 2. The summed E-state index contributed by atoms with van der Waals surface area (Å²) in [6.07, 6.45) is 0. The molecule has 5 heteroatoms. The lowest BCUT2D eigenvalue weighted by Crippen LogP contribution is -2.36. The Morgan fingerprint density at radius 1 is 1.04 bits per heavy atom. The highest BCUT2D eigenvalue weighted by Gasteiger charge is 2.34. The third-order valence-electron chi connectivity index (χ3n) is 4.46. The molecule has 130 valence electrons. The van der Waals surface area contributed by atoms with Crippen molar-refractivity contribution in [3.05, 3.63) is 64.7 Å². The van der Waals surface area contributed by atoms with Gasteiger partial charge in [0.25, 0.3) is 11.8 Å². The van der Waals surface area contributed by atoms with Gasteiger partial charge in [0.15, 0.2) is 0 Å². The van der Waals surface area contributed by atoms with Gasteiger partial charge in [0.05, 0.1) is 18.2 Å². The fourth-order valence-corrected chi connectivity index (χ4v) is 3.11. The molecule has 1 aliphatic rings. The van der Waals surface area contributed by atoms with Gasteiger partial charge in [-0.3, -0.25) is 14.5 Å². The van der Waals surface area contributed by atoms with Crippen LogP contribution >= 0.6 is 0 Å². The molecule has 25 heavy (non-hydrogen) atoms. The second kappa shape index (κ2) is 7.07. The molecule has 0 spiro atoms. The predicted octanol–water partition coefficient (Wildman–Crippen LogP) is 2.73. The first-order chi connectivity index (χ1) is 12.0. The number of hydrogen-bond acceptors (Lipinski definition) is 4. The van der Waals surface area contributed by atoms with Crippen LogP contribution in [0.15, 0.2) is 42.5 Å². The summed E-state index contributed by atoms with van der Waals surface area (Å²) in [6.45, 7) is 3.70. The number of rotatable bonds is 6. The monoisotopic (exact) mass is 338 g/mol. The summed E-state index contributed by atoms with van der Waals surface area (Å²) in [5.41, 5.74) is 3.25. The minimum Gasteiger partial charge on any atom is -0.496 e.